The molecule has 0 aliphatic carbocycles. The molecule has 1 heterocycles. The highest BCUT2D eigenvalue weighted by molar-refractivity contribution is 6.31. The molecule has 5 nitrogen and oxygen atoms in total. The van der Waals surface area contributed by atoms with Crippen LogP contribution in [0.1, 0.15) is 11.1 Å². The molecule has 0 unspecified atom stereocenters. The standard InChI is InChI=1S/C17H15ClO5/c18-14-4-2-1-3-13(14)9-20-10-17(19)21-8-12-5-6-15-16(7-12)23-11-22-15/h1-7H,8-11H2. The first kappa shape index (κ1) is 15.6. The summed E-state index contributed by atoms with van der Waals surface area (Å²) in [6.45, 7) is 0.508. The van der Waals surface area contributed by atoms with Crippen LogP contribution >= 0.6 is 11.6 Å². The summed E-state index contributed by atoms with van der Waals surface area (Å²) in [6, 6.07) is 12.7. The average Bonchev–Trinajstić information content (AvgIpc) is 3.02. The molecule has 0 amide bonds. The Balaban J connectivity index is 1.42. The number of ether oxygens (including phenoxy) is 4. The van der Waals surface area contributed by atoms with Crippen molar-refractivity contribution in [2.75, 3.05) is 13.4 Å². The number of benzene rings is 2. The molecule has 3 rings (SSSR count). The summed E-state index contributed by atoms with van der Waals surface area (Å²) < 4.78 is 21.0. The third kappa shape index (κ3) is 4.15. The lowest BCUT2D eigenvalue weighted by atomic mass is 10.2. The first-order valence-electron chi connectivity index (χ1n) is 7.07. The van der Waals surface area contributed by atoms with E-state index in [1.165, 1.54) is 0 Å². The maximum atomic E-state index is 11.7. The lowest BCUT2D eigenvalue weighted by Crippen LogP contribution is -2.12. The molecule has 0 atom stereocenters. The average molecular weight is 335 g/mol. The number of rotatable bonds is 6. The predicted molar refractivity (Wildman–Crippen MR) is 83.5 cm³/mol. The van der Waals surface area contributed by atoms with E-state index in [0.717, 1.165) is 11.1 Å². The molecule has 0 spiro atoms. The van der Waals surface area contributed by atoms with E-state index in [1.54, 1.807) is 18.2 Å². The molecule has 1 aliphatic rings. The van der Waals surface area contributed by atoms with Crippen molar-refractivity contribution in [2.24, 2.45) is 0 Å². The van der Waals surface area contributed by atoms with Crippen molar-refractivity contribution in [3.63, 3.8) is 0 Å². The maximum Gasteiger partial charge on any atom is 0.332 e. The van der Waals surface area contributed by atoms with Crippen LogP contribution in [0.5, 0.6) is 11.5 Å². The first-order chi connectivity index (χ1) is 11.2. The Morgan fingerprint density at radius 1 is 1.09 bits per heavy atom. The van der Waals surface area contributed by atoms with Crippen LogP contribution in [0.15, 0.2) is 42.5 Å². The Morgan fingerprint density at radius 3 is 2.78 bits per heavy atom. The normalized spacial score (nSPS) is 12.2. The molecule has 6 heteroatoms. The van der Waals surface area contributed by atoms with Gasteiger partial charge in [-0.1, -0.05) is 35.9 Å². The molecule has 0 saturated carbocycles. The van der Waals surface area contributed by atoms with Gasteiger partial charge in [0.2, 0.25) is 6.79 Å². The smallest absolute Gasteiger partial charge is 0.332 e. The fourth-order valence-electron chi connectivity index (χ4n) is 2.10. The summed E-state index contributed by atoms with van der Waals surface area (Å²) in [4.78, 5) is 11.7. The number of fused-ring (bicyclic) bond motifs is 1. The van der Waals surface area contributed by atoms with Crippen molar-refractivity contribution >= 4 is 17.6 Å². The second-order valence-corrected chi connectivity index (χ2v) is 5.34. The summed E-state index contributed by atoms with van der Waals surface area (Å²) in [5.41, 5.74) is 1.66. The van der Waals surface area contributed by atoms with Crippen LogP contribution in [0.4, 0.5) is 0 Å². The van der Waals surface area contributed by atoms with Crippen molar-refractivity contribution in [1.82, 2.24) is 0 Å². The number of carbonyl (C=O) groups excluding carboxylic acids is 1. The molecule has 0 saturated heterocycles. The number of halogens is 1. The first-order valence-corrected chi connectivity index (χ1v) is 7.45. The molecule has 0 aromatic heterocycles. The molecule has 0 bridgehead atoms. The van der Waals surface area contributed by atoms with Crippen molar-refractivity contribution in [3.8, 4) is 11.5 Å². The van der Waals surface area contributed by atoms with Gasteiger partial charge in [-0.15, -0.1) is 0 Å². The van der Waals surface area contributed by atoms with Crippen molar-refractivity contribution < 1.29 is 23.7 Å². The highest BCUT2D eigenvalue weighted by Crippen LogP contribution is 2.32. The summed E-state index contributed by atoms with van der Waals surface area (Å²) in [6.07, 6.45) is 0. The van der Waals surface area contributed by atoms with E-state index in [4.69, 9.17) is 30.5 Å². The molecule has 0 N–H and O–H groups in total. The summed E-state index contributed by atoms with van der Waals surface area (Å²) in [5.74, 6) is 0.923. The zero-order valence-corrected chi connectivity index (χ0v) is 13.0. The lowest BCUT2D eigenvalue weighted by molar-refractivity contribution is -0.150. The van der Waals surface area contributed by atoms with Crippen molar-refractivity contribution in [1.29, 1.82) is 0 Å². The van der Waals surface area contributed by atoms with Gasteiger partial charge in [-0.2, -0.15) is 0 Å². The number of hydrogen-bond acceptors (Lipinski definition) is 5. The summed E-state index contributed by atoms with van der Waals surface area (Å²) in [5, 5.41) is 0.612. The Kier molecular flexibility index (Phi) is 5.00. The van der Waals surface area contributed by atoms with Gasteiger partial charge in [-0.25, -0.2) is 4.79 Å². The molecule has 1 aliphatic heterocycles. The SMILES string of the molecule is O=C(COCc1ccccc1Cl)OCc1ccc2c(c1)OCO2. The largest absolute Gasteiger partial charge is 0.459 e. The monoisotopic (exact) mass is 334 g/mol. The fourth-order valence-corrected chi connectivity index (χ4v) is 2.29. The van der Waals surface area contributed by atoms with Gasteiger partial charge in [0.15, 0.2) is 11.5 Å². The molecular formula is C17H15ClO5. The van der Waals surface area contributed by atoms with Crippen LogP contribution in [-0.4, -0.2) is 19.4 Å². The van der Waals surface area contributed by atoms with Gasteiger partial charge in [0.25, 0.3) is 0 Å². The Hall–Kier alpha value is -2.24. The number of carbonyl (C=O) groups is 1. The second kappa shape index (κ2) is 7.35. The molecule has 0 radical (unpaired) electrons. The third-order valence-electron chi connectivity index (χ3n) is 3.27. The van der Waals surface area contributed by atoms with Gasteiger partial charge < -0.3 is 18.9 Å². The van der Waals surface area contributed by atoms with Gasteiger partial charge >= 0.3 is 5.97 Å². The number of esters is 1. The van der Waals surface area contributed by atoms with Gasteiger partial charge in [0.1, 0.15) is 13.2 Å². The highest BCUT2D eigenvalue weighted by Gasteiger charge is 2.14. The van der Waals surface area contributed by atoms with Crippen molar-refractivity contribution in [2.45, 2.75) is 13.2 Å². The highest BCUT2D eigenvalue weighted by atomic mass is 35.5. The van der Waals surface area contributed by atoms with Crippen LogP contribution in [0, 0.1) is 0 Å². The third-order valence-corrected chi connectivity index (χ3v) is 3.64. The van der Waals surface area contributed by atoms with E-state index in [-0.39, 0.29) is 26.6 Å². The minimum absolute atomic E-state index is 0.129. The summed E-state index contributed by atoms with van der Waals surface area (Å²) in [7, 11) is 0. The molecule has 120 valence electrons. The quantitative estimate of drug-likeness (QED) is 0.758. The zero-order chi connectivity index (χ0) is 16.1. The molecule has 2 aromatic rings. The van der Waals surface area contributed by atoms with Crippen LogP contribution in [0.3, 0.4) is 0 Å². The number of hydrogen-bond donors (Lipinski definition) is 0. The fraction of sp³-hybridized carbons (Fsp3) is 0.235. The second-order valence-electron chi connectivity index (χ2n) is 4.93. The Labute approximate surface area is 138 Å². The van der Waals surface area contributed by atoms with Gasteiger partial charge in [-0.3, -0.25) is 0 Å². The van der Waals surface area contributed by atoms with Gasteiger partial charge in [0, 0.05) is 5.02 Å². The van der Waals surface area contributed by atoms with Crippen LogP contribution in [0.25, 0.3) is 0 Å². The van der Waals surface area contributed by atoms with E-state index < -0.39 is 5.97 Å². The maximum absolute atomic E-state index is 11.7. The Bertz CT molecular complexity index is 701. The van der Waals surface area contributed by atoms with Crippen LogP contribution < -0.4 is 9.47 Å². The minimum atomic E-state index is -0.435. The Morgan fingerprint density at radius 2 is 1.91 bits per heavy atom. The molecular weight excluding hydrogens is 320 g/mol. The molecule has 2 aromatic carbocycles. The molecule has 0 fully saturated rings. The lowest BCUT2D eigenvalue weighted by Gasteiger charge is -2.07. The van der Waals surface area contributed by atoms with Crippen LogP contribution in [0.2, 0.25) is 5.02 Å². The predicted octanol–water partition coefficient (Wildman–Crippen LogP) is 3.33. The van der Waals surface area contributed by atoms with E-state index in [2.05, 4.69) is 0 Å². The van der Waals surface area contributed by atoms with Crippen molar-refractivity contribution in [3.05, 3.63) is 58.6 Å². The minimum Gasteiger partial charge on any atom is -0.459 e. The van der Waals surface area contributed by atoms with Gasteiger partial charge in [0.05, 0.1) is 6.61 Å². The topological polar surface area (TPSA) is 54.0 Å². The van der Waals surface area contributed by atoms with E-state index in [1.807, 2.05) is 24.3 Å². The van der Waals surface area contributed by atoms with Crippen LogP contribution in [-0.2, 0) is 27.5 Å². The van der Waals surface area contributed by atoms with E-state index in [9.17, 15) is 4.79 Å². The van der Waals surface area contributed by atoms with E-state index >= 15 is 0 Å². The zero-order valence-electron chi connectivity index (χ0n) is 12.3. The van der Waals surface area contributed by atoms with Gasteiger partial charge in [-0.05, 0) is 29.3 Å². The summed E-state index contributed by atoms with van der Waals surface area (Å²) >= 11 is 6.01. The molecule has 23 heavy (non-hydrogen) atoms. The van der Waals surface area contributed by atoms with E-state index in [0.29, 0.717) is 16.5 Å².